The molecule has 0 fully saturated rings. The first-order valence-corrected chi connectivity index (χ1v) is 5.97. The van der Waals surface area contributed by atoms with Gasteiger partial charge >= 0.3 is 0 Å². The Balaban J connectivity index is 2.52. The van der Waals surface area contributed by atoms with Crippen molar-refractivity contribution in [3.63, 3.8) is 0 Å². The highest BCUT2D eigenvalue weighted by atomic mass is 79.9. The number of ketones is 1. The van der Waals surface area contributed by atoms with E-state index in [1.54, 1.807) is 0 Å². The van der Waals surface area contributed by atoms with E-state index in [4.69, 9.17) is 11.6 Å². The fourth-order valence-corrected chi connectivity index (χ4v) is 1.82. The predicted octanol–water partition coefficient (Wildman–Crippen LogP) is 4.01. The molecular weight excluding hydrogens is 327 g/mol. The number of hydrogen-bond acceptors (Lipinski definition) is 2. The molecule has 2 rings (SSSR count). The van der Waals surface area contributed by atoms with Crippen LogP contribution in [-0.4, -0.2) is 10.8 Å². The molecule has 1 aromatic carbocycles. The van der Waals surface area contributed by atoms with Crippen molar-refractivity contribution in [3.05, 3.63) is 62.8 Å². The molecule has 0 unspecified atom stereocenters. The fraction of sp³-hybridized carbons (Fsp3) is 0. The Morgan fingerprint density at radius 1 is 1.22 bits per heavy atom. The number of halogens is 4. The van der Waals surface area contributed by atoms with Gasteiger partial charge in [-0.25, -0.2) is 8.78 Å². The van der Waals surface area contributed by atoms with Gasteiger partial charge in [-0.3, -0.25) is 9.78 Å². The molecule has 92 valence electrons. The molecule has 1 aromatic heterocycles. The monoisotopic (exact) mass is 331 g/mol. The van der Waals surface area contributed by atoms with E-state index in [1.165, 1.54) is 24.4 Å². The molecule has 0 N–H and O–H groups in total. The molecular formula is C12H5BrClF2NO. The summed E-state index contributed by atoms with van der Waals surface area (Å²) >= 11 is 8.52. The Kier molecular flexibility index (Phi) is 3.73. The van der Waals surface area contributed by atoms with Gasteiger partial charge in [0.2, 0.25) is 5.78 Å². The number of carbonyl (C=O) groups excluding carboxylic acids is 1. The third-order valence-electron chi connectivity index (χ3n) is 2.23. The zero-order valence-electron chi connectivity index (χ0n) is 8.75. The van der Waals surface area contributed by atoms with Crippen LogP contribution in [0.25, 0.3) is 0 Å². The second-order valence-electron chi connectivity index (χ2n) is 3.41. The van der Waals surface area contributed by atoms with E-state index >= 15 is 0 Å². The molecule has 0 aliphatic carbocycles. The maximum absolute atomic E-state index is 13.7. The highest BCUT2D eigenvalue weighted by Gasteiger charge is 2.21. The van der Waals surface area contributed by atoms with E-state index in [0.29, 0.717) is 5.02 Å². The Morgan fingerprint density at radius 3 is 2.56 bits per heavy atom. The summed E-state index contributed by atoms with van der Waals surface area (Å²) in [5, 5.41) is 0.335. The van der Waals surface area contributed by atoms with Crippen LogP contribution < -0.4 is 0 Å². The lowest BCUT2D eigenvalue weighted by Crippen LogP contribution is -2.09. The molecule has 2 aromatic rings. The van der Waals surface area contributed by atoms with Gasteiger partial charge in [0.25, 0.3) is 0 Å². The number of nitrogens with zero attached hydrogens (tertiary/aromatic N) is 1. The van der Waals surface area contributed by atoms with Crippen molar-refractivity contribution in [1.29, 1.82) is 0 Å². The van der Waals surface area contributed by atoms with Crippen LogP contribution >= 0.6 is 27.5 Å². The lowest BCUT2D eigenvalue weighted by atomic mass is 10.1. The van der Waals surface area contributed by atoms with Gasteiger partial charge in [-0.1, -0.05) is 11.6 Å². The summed E-state index contributed by atoms with van der Waals surface area (Å²) in [5.41, 5.74) is -0.713. The lowest BCUT2D eigenvalue weighted by molar-refractivity contribution is 0.102. The van der Waals surface area contributed by atoms with Crippen molar-refractivity contribution in [2.75, 3.05) is 0 Å². The number of aromatic nitrogens is 1. The maximum atomic E-state index is 13.7. The van der Waals surface area contributed by atoms with Gasteiger partial charge < -0.3 is 0 Å². The summed E-state index contributed by atoms with van der Waals surface area (Å²) in [6.07, 6.45) is 1.24. The highest BCUT2D eigenvalue weighted by Crippen LogP contribution is 2.23. The van der Waals surface area contributed by atoms with E-state index in [0.717, 1.165) is 6.07 Å². The van der Waals surface area contributed by atoms with E-state index in [9.17, 15) is 13.6 Å². The molecule has 2 nitrogen and oxygen atoms in total. The SMILES string of the molecule is O=C(c1ccc(Cl)cn1)c1c(F)ccc(Br)c1F. The molecule has 0 atom stereocenters. The van der Waals surface area contributed by atoms with Gasteiger partial charge in [0.15, 0.2) is 5.82 Å². The molecule has 0 amide bonds. The smallest absolute Gasteiger partial charge is 0.217 e. The molecule has 0 saturated carbocycles. The standard InChI is InChI=1S/C12H5BrClF2NO/c13-7-2-3-8(15)10(11(7)16)12(18)9-4-1-6(14)5-17-9/h1-5H. The average molecular weight is 333 g/mol. The quantitative estimate of drug-likeness (QED) is 0.614. The molecule has 0 radical (unpaired) electrons. The summed E-state index contributed by atoms with van der Waals surface area (Å²) in [6, 6.07) is 4.94. The number of carbonyl (C=O) groups is 1. The molecule has 0 spiro atoms. The molecule has 1 heterocycles. The van der Waals surface area contributed by atoms with Gasteiger partial charge in [-0.15, -0.1) is 0 Å². The number of pyridine rings is 1. The van der Waals surface area contributed by atoms with Gasteiger partial charge in [0, 0.05) is 6.20 Å². The first-order chi connectivity index (χ1) is 8.50. The van der Waals surface area contributed by atoms with Crippen LogP contribution in [0.1, 0.15) is 16.1 Å². The molecule has 6 heteroatoms. The van der Waals surface area contributed by atoms with Gasteiger partial charge in [0.05, 0.1) is 15.1 Å². The molecule has 0 saturated heterocycles. The Hall–Kier alpha value is -1.33. The maximum Gasteiger partial charge on any atom is 0.217 e. The summed E-state index contributed by atoms with van der Waals surface area (Å²) in [4.78, 5) is 15.7. The van der Waals surface area contributed by atoms with Crippen LogP contribution in [0.15, 0.2) is 34.9 Å². The predicted molar refractivity (Wildman–Crippen MR) is 66.7 cm³/mol. The molecule has 0 aliphatic rings. The molecule has 18 heavy (non-hydrogen) atoms. The summed E-state index contributed by atoms with van der Waals surface area (Å²) in [5.74, 6) is -2.71. The van der Waals surface area contributed by atoms with Crippen molar-refractivity contribution in [2.24, 2.45) is 0 Å². The topological polar surface area (TPSA) is 30.0 Å². The minimum atomic E-state index is -0.947. The first-order valence-electron chi connectivity index (χ1n) is 4.80. The van der Waals surface area contributed by atoms with Crippen molar-refractivity contribution < 1.29 is 13.6 Å². The summed E-state index contributed by atoms with van der Waals surface area (Å²) < 4.78 is 27.2. The largest absolute Gasteiger partial charge is 0.287 e. The van der Waals surface area contributed by atoms with Gasteiger partial charge in [-0.05, 0) is 40.2 Å². The normalized spacial score (nSPS) is 10.4. The van der Waals surface area contributed by atoms with E-state index in [-0.39, 0.29) is 10.2 Å². The van der Waals surface area contributed by atoms with Crippen LogP contribution in [0.4, 0.5) is 8.78 Å². The zero-order valence-corrected chi connectivity index (χ0v) is 11.1. The fourth-order valence-electron chi connectivity index (χ4n) is 1.37. The highest BCUT2D eigenvalue weighted by molar-refractivity contribution is 9.10. The Morgan fingerprint density at radius 2 is 1.94 bits per heavy atom. The van der Waals surface area contributed by atoms with Crippen molar-refractivity contribution >= 4 is 33.3 Å². The number of benzene rings is 1. The molecule has 0 bridgehead atoms. The van der Waals surface area contributed by atoms with Crippen LogP contribution in [0, 0.1) is 11.6 Å². The van der Waals surface area contributed by atoms with E-state index < -0.39 is 23.0 Å². The van der Waals surface area contributed by atoms with E-state index in [1.807, 2.05) is 0 Å². The summed E-state index contributed by atoms with van der Waals surface area (Å²) in [7, 11) is 0. The lowest BCUT2D eigenvalue weighted by Gasteiger charge is -2.05. The Labute approximate surface area is 115 Å². The van der Waals surface area contributed by atoms with Gasteiger partial charge in [0.1, 0.15) is 11.5 Å². The van der Waals surface area contributed by atoms with Crippen molar-refractivity contribution in [2.45, 2.75) is 0 Å². The average Bonchev–Trinajstić information content (AvgIpc) is 2.35. The van der Waals surface area contributed by atoms with E-state index in [2.05, 4.69) is 20.9 Å². The number of hydrogen-bond donors (Lipinski definition) is 0. The van der Waals surface area contributed by atoms with Crippen LogP contribution in [0.5, 0.6) is 0 Å². The van der Waals surface area contributed by atoms with Crippen LogP contribution in [0.2, 0.25) is 5.02 Å². The van der Waals surface area contributed by atoms with Crippen molar-refractivity contribution in [1.82, 2.24) is 4.98 Å². The van der Waals surface area contributed by atoms with Crippen LogP contribution in [-0.2, 0) is 0 Å². The van der Waals surface area contributed by atoms with Gasteiger partial charge in [-0.2, -0.15) is 0 Å². The summed E-state index contributed by atoms with van der Waals surface area (Å²) in [6.45, 7) is 0. The van der Waals surface area contributed by atoms with Crippen LogP contribution in [0.3, 0.4) is 0 Å². The van der Waals surface area contributed by atoms with Crippen molar-refractivity contribution in [3.8, 4) is 0 Å². The third-order valence-corrected chi connectivity index (χ3v) is 3.07. The third kappa shape index (κ3) is 2.42. The Bertz CT molecular complexity index is 616. The minimum absolute atomic E-state index is 0.0150. The second-order valence-corrected chi connectivity index (χ2v) is 4.70. The second kappa shape index (κ2) is 5.12. The minimum Gasteiger partial charge on any atom is -0.287 e. The number of rotatable bonds is 2. The zero-order chi connectivity index (χ0) is 13.3. The molecule has 0 aliphatic heterocycles. The first kappa shape index (κ1) is 13.1.